The fourth-order valence-corrected chi connectivity index (χ4v) is 5.66. The van der Waals surface area contributed by atoms with Gasteiger partial charge in [0.25, 0.3) is 0 Å². The number of benzene rings is 1. The largest absolute Gasteiger partial charge is 0.356 e. The van der Waals surface area contributed by atoms with Gasteiger partial charge < -0.3 is 5.32 Å². The van der Waals surface area contributed by atoms with Gasteiger partial charge in [0.2, 0.25) is 5.91 Å². The van der Waals surface area contributed by atoms with Crippen LogP contribution in [-0.2, 0) is 21.1 Å². The molecule has 3 rings (SSSR count). The second-order valence-corrected chi connectivity index (χ2v) is 10.4. The molecular formula is C18H17ClN2O3S3. The van der Waals surface area contributed by atoms with Crippen LogP contribution in [0.4, 0.5) is 0 Å². The Kier molecular flexibility index (Phi) is 6.64. The van der Waals surface area contributed by atoms with Gasteiger partial charge in [0.15, 0.2) is 9.84 Å². The van der Waals surface area contributed by atoms with Crippen LogP contribution in [0.3, 0.4) is 0 Å². The summed E-state index contributed by atoms with van der Waals surface area (Å²) in [5.41, 5.74) is 0.689. The third kappa shape index (κ3) is 5.62. The van der Waals surface area contributed by atoms with Gasteiger partial charge >= 0.3 is 0 Å². The highest BCUT2D eigenvalue weighted by atomic mass is 35.5. The lowest BCUT2D eigenvalue weighted by molar-refractivity contribution is -0.120. The van der Waals surface area contributed by atoms with Gasteiger partial charge in [-0.15, -0.1) is 22.7 Å². The SMILES string of the molecule is O=C(Cc1csc(-c2ccc(Cl)s2)n1)NCCCS(=O)(=O)c1ccccc1. The first-order valence-electron chi connectivity index (χ1n) is 8.19. The molecular weight excluding hydrogens is 424 g/mol. The zero-order valence-corrected chi connectivity index (χ0v) is 17.4. The van der Waals surface area contributed by atoms with E-state index in [0.717, 1.165) is 9.88 Å². The maximum atomic E-state index is 12.2. The minimum Gasteiger partial charge on any atom is -0.356 e. The summed E-state index contributed by atoms with van der Waals surface area (Å²) in [7, 11) is -3.31. The summed E-state index contributed by atoms with van der Waals surface area (Å²) < 4.78 is 25.1. The van der Waals surface area contributed by atoms with Crippen molar-refractivity contribution in [1.29, 1.82) is 0 Å². The van der Waals surface area contributed by atoms with E-state index < -0.39 is 9.84 Å². The lowest BCUT2D eigenvalue weighted by Crippen LogP contribution is -2.27. The molecule has 9 heteroatoms. The minimum atomic E-state index is -3.31. The second kappa shape index (κ2) is 8.97. The maximum absolute atomic E-state index is 12.2. The molecule has 3 aromatic rings. The molecule has 0 aliphatic carbocycles. The predicted molar refractivity (Wildman–Crippen MR) is 110 cm³/mol. The molecule has 27 heavy (non-hydrogen) atoms. The number of rotatable bonds is 8. The van der Waals surface area contributed by atoms with E-state index in [-0.39, 0.29) is 18.1 Å². The van der Waals surface area contributed by atoms with Gasteiger partial charge in [0, 0.05) is 11.9 Å². The molecule has 0 radical (unpaired) electrons. The number of thiazole rings is 1. The number of sulfone groups is 1. The van der Waals surface area contributed by atoms with Crippen LogP contribution in [0, 0.1) is 0 Å². The predicted octanol–water partition coefficient (Wildman–Crippen LogP) is 4.05. The number of hydrogen-bond donors (Lipinski definition) is 1. The molecule has 142 valence electrons. The molecule has 0 unspecified atom stereocenters. The average molecular weight is 441 g/mol. The molecule has 1 amide bonds. The number of halogens is 1. The lowest BCUT2D eigenvalue weighted by Gasteiger charge is -2.06. The van der Waals surface area contributed by atoms with Crippen molar-refractivity contribution < 1.29 is 13.2 Å². The first kappa shape index (κ1) is 20.0. The molecule has 0 spiro atoms. The molecule has 0 bridgehead atoms. The van der Waals surface area contributed by atoms with Crippen LogP contribution in [-0.4, -0.2) is 31.6 Å². The molecule has 1 aromatic carbocycles. The first-order valence-corrected chi connectivity index (χ1v) is 11.9. The summed E-state index contributed by atoms with van der Waals surface area (Å²) in [5.74, 6) is -0.176. The monoisotopic (exact) mass is 440 g/mol. The van der Waals surface area contributed by atoms with E-state index in [1.807, 2.05) is 17.5 Å². The number of thiophene rings is 1. The van der Waals surface area contributed by atoms with Crippen LogP contribution in [0.5, 0.6) is 0 Å². The fourth-order valence-electron chi connectivity index (χ4n) is 2.39. The van der Waals surface area contributed by atoms with Crippen molar-refractivity contribution in [3.8, 4) is 9.88 Å². The van der Waals surface area contributed by atoms with E-state index in [0.29, 0.717) is 27.9 Å². The number of aromatic nitrogens is 1. The van der Waals surface area contributed by atoms with Crippen LogP contribution in [0.25, 0.3) is 9.88 Å². The summed E-state index contributed by atoms with van der Waals surface area (Å²) >= 11 is 8.85. The third-order valence-electron chi connectivity index (χ3n) is 3.69. The number of amides is 1. The average Bonchev–Trinajstić information content (AvgIpc) is 3.28. The summed E-state index contributed by atoms with van der Waals surface area (Å²) in [6, 6.07) is 12.0. The molecule has 0 saturated carbocycles. The Labute approximate surface area is 171 Å². The smallest absolute Gasteiger partial charge is 0.226 e. The second-order valence-electron chi connectivity index (χ2n) is 5.76. The van der Waals surface area contributed by atoms with Crippen molar-refractivity contribution in [3.63, 3.8) is 0 Å². The topological polar surface area (TPSA) is 76.1 Å². The summed E-state index contributed by atoms with van der Waals surface area (Å²) in [4.78, 5) is 17.8. The van der Waals surface area contributed by atoms with Crippen LogP contribution in [0.15, 0.2) is 52.7 Å². The third-order valence-corrected chi connectivity index (χ3v) is 7.80. The van der Waals surface area contributed by atoms with Crippen molar-refractivity contribution in [2.24, 2.45) is 0 Å². The number of hydrogen-bond acceptors (Lipinski definition) is 6. The van der Waals surface area contributed by atoms with Crippen molar-refractivity contribution in [2.75, 3.05) is 12.3 Å². The number of carbonyl (C=O) groups excluding carboxylic acids is 1. The molecule has 0 aliphatic heterocycles. The molecule has 0 aliphatic rings. The number of nitrogens with one attached hydrogen (secondary N) is 1. The van der Waals surface area contributed by atoms with E-state index in [9.17, 15) is 13.2 Å². The van der Waals surface area contributed by atoms with Crippen LogP contribution in [0.2, 0.25) is 4.34 Å². The maximum Gasteiger partial charge on any atom is 0.226 e. The quantitative estimate of drug-likeness (QED) is 0.536. The Hall–Kier alpha value is -1.74. The highest BCUT2D eigenvalue weighted by molar-refractivity contribution is 7.91. The fraction of sp³-hybridized carbons (Fsp3) is 0.222. The molecule has 2 aromatic heterocycles. The molecule has 0 fully saturated rings. The van der Waals surface area contributed by atoms with Crippen LogP contribution < -0.4 is 5.32 Å². The van der Waals surface area contributed by atoms with E-state index in [4.69, 9.17) is 11.6 Å². The van der Waals surface area contributed by atoms with E-state index in [1.54, 1.807) is 30.3 Å². The van der Waals surface area contributed by atoms with Crippen molar-refractivity contribution >= 4 is 50.0 Å². The summed E-state index contributed by atoms with van der Waals surface area (Å²) in [6.07, 6.45) is 0.528. The highest BCUT2D eigenvalue weighted by Crippen LogP contribution is 2.32. The molecule has 2 heterocycles. The van der Waals surface area contributed by atoms with Crippen molar-refractivity contribution in [2.45, 2.75) is 17.7 Å². The van der Waals surface area contributed by atoms with Crippen molar-refractivity contribution in [1.82, 2.24) is 10.3 Å². The first-order chi connectivity index (χ1) is 12.9. The van der Waals surface area contributed by atoms with Crippen LogP contribution >= 0.6 is 34.3 Å². The van der Waals surface area contributed by atoms with Gasteiger partial charge in [0.1, 0.15) is 5.01 Å². The Balaban J connectivity index is 1.44. The van der Waals surface area contributed by atoms with Crippen LogP contribution in [0.1, 0.15) is 12.1 Å². The van der Waals surface area contributed by atoms with Gasteiger partial charge in [-0.1, -0.05) is 29.8 Å². The zero-order valence-electron chi connectivity index (χ0n) is 14.2. The summed E-state index contributed by atoms with van der Waals surface area (Å²) in [5, 5.41) is 5.44. The Bertz CT molecular complexity index is 1010. The number of carbonyl (C=O) groups is 1. The van der Waals surface area contributed by atoms with Gasteiger partial charge in [-0.25, -0.2) is 13.4 Å². The minimum absolute atomic E-state index is 0.00270. The molecule has 5 nitrogen and oxygen atoms in total. The Morgan fingerprint density at radius 1 is 1.15 bits per heavy atom. The zero-order chi connectivity index (χ0) is 19.3. The molecule has 0 atom stereocenters. The lowest BCUT2D eigenvalue weighted by atomic mass is 10.3. The van der Waals surface area contributed by atoms with Crippen molar-refractivity contribution in [3.05, 3.63) is 57.9 Å². The Morgan fingerprint density at radius 2 is 1.93 bits per heavy atom. The Morgan fingerprint density at radius 3 is 2.63 bits per heavy atom. The van der Waals surface area contributed by atoms with Gasteiger partial charge in [0.05, 0.1) is 32.0 Å². The van der Waals surface area contributed by atoms with Gasteiger partial charge in [-0.3, -0.25) is 4.79 Å². The normalized spacial score (nSPS) is 11.4. The highest BCUT2D eigenvalue weighted by Gasteiger charge is 2.14. The molecule has 0 saturated heterocycles. The van der Waals surface area contributed by atoms with Gasteiger partial charge in [-0.05, 0) is 30.7 Å². The summed E-state index contributed by atoms with van der Waals surface area (Å²) in [6.45, 7) is 0.308. The van der Waals surface area contributed by atoms with Gasteiger partial charge in [-0.2, -0.15) is 0 Å². The van der Waals surface area contributed by atoms with E-state index in [2.05, 4.69) is 10.3 Å². The van der Waals surface area contributed by atoms with E-state index in [1.165, 1.54) is 22.7 Å². The standard InChI is InChI=1S/C18H17ClN2O3S3/c19-16-8-7-15(26-16)18-21-13(12-25-18)11-17(22)20-9-4-10-27(23,24)14-5-2-1-3-6-14/h1-3,5-8,12H,4,9-11H2,(H,20,22). The van der Waals surface area contributed by atoms with E-state index >= 15 is 0 Å². The molecule has 1 N–H and O–H groups in total. The number of nitrogens with zero attached hydrogens (tertiary/aromatic N) is 1.